The van der Waals surface area contributed by atoms with Gasteiger partial charge in [-0.2, -0.15) is 4.31 Å². The summed E-state index contributed by atoms with van der Waals surface area (Å²) >= 11 is 0. The molecule has 1 aromatic rings. The van der Waals surface area contributed by atoms with Gasteiger partial charge >= 0.3 is 0 Å². The van der Waals surface area contributed by atoms with Crippen molar-refractivity contribution in [1.82, 2.24) is 13.9 Å². The Morgan fingerprint density at radius 3 is 2.35 bits per heavy atom. The molecule has 98 valence electrons. The number of nitrogens with two attached hydrogens (primary N) is 1. The Morgan fingerprint density at radius 1 is 1.47 bits per heavy atom. The fraction of sp³-hybridized carbons (Fsp3) is 0.700. The van der Waals surface area contributed by atoms with Crippen LogP contribution >= 0.6 is 0 Å². The molecule has 1 heterocycles. The smallest absolute Gasteiger partial charge is 0.262 e. The van der Waals surface area contributed by atoms with Gasteiger partial charge in [-0.1, -0.05) is 20.8 Å². The van der Waals surface area contributed by atoms with E-state index in [0.29, 0.717) is 6.54 Å². The minimum Gasteiger partial charge on any atom is -0.381 e. The zero-order chi connectivity index (χ0) is 13.4. The highest BCUT2D eigenvalue weighted by atomic mass is 32.2. The molecule has 0 atom stereocenters. The number of anilines is 1. The topological polar surface area (TPSA) is 81.2 Å². The first-order chi connectivity index (χ1) is 7.55. The zero-order valence-corrected chi connectivity index (χ0v) is 11.7. The summed E-state index contributed by atoms with van der Waals surface area (Å²) in [6.45, 7) is 6.35. The van der Waals surface area contributed by atoms with Gasteiger partial charge in [-0.15, -0.1) is 0 Å². The standard InChI is InChI=1S/C10H20N4O2S/c1-10(2,3)6-14(5)17(15,16)9-8(11)12-7-13(9)4/h7H,6,11H2,1-5H3. The lowest BCUT2D eigenvalue weighted by Gasteiger charge is -2.26. The lowest BCUT2D eigenvalue weighted by Crippen LogP contribution is -2.35. The molecule has 0 aliphatic heterocycles. The largest absolute Gasteiger partial charge is 0.381 e. The Balaban J connectivity index is 3.13. The summed E-state index contributed by atoms with van der Waals surface area (Å²) in [4.78, 5) is 3.80. The molecule has 0 spiro atoms. The molecule has 1 rings (SSSR count). The van der Waals surface area contributed by atoms with Crippen molar-refractivity contribution in [1.29, 1.82) is 0 Å². The van der Waals surface area contributed by atoms with Crippen LogP contribution in [0.1, 0.15) is 20.8 Å². The van der Waals surface area contributed by atoms with Gasteiger partial charge in [-0.3, -0.25) is 0 Å². The van der Waals surface area contributed by atoms with E-state index in [2.05, 4.69) is 4.98 Å². The van der Waals surface area contributed by atoms with E-state index in [4.69, 9.17) is 5.73 Å². The summed E-state index contributed by atoms with van der Waals surface area (Å²) in [5.74, 6) is 0.0354. The number of hydrogen-bond acceptors (Lipinski definition) is 4. The van der Waals surface area contributed by atoms with Gasteiger partial charge in [-0.25, -0.2) is 13.4 Å². The summed E-state index contributed by atoms with van der Waals surface area (Å²) in [6, 6.07) is 0. The van der Waals surface area contributed by atoms with Crippen LogP contribution in [0.15, 0.2) is 11.4 Å². The predicted octanol–water partition coefficient (Wildman–Crippen LogP) is 0.669. The van der Waals surface area contributed by atoms with Gasteiger partial charge in [0.25, 0.3) is 10.0 Å². The third-order valence-electron chi connectivity index (χ3n) is 2.26. The van der Waals surface area contributed by atoms with Crippen LogP contribution in [0.25, 0.3) is 0 Å². The van der Waals surface area contributed by atoms with Crippen molar-refractivity contribution in [3.8, 4) is 0 Å². The van der Waals surface area contributed by atoms with Gasteiger partial charge in [0.1, 0.15) is 0 Å². The summed E-state index contributed by atoms with van der Waals surface area (Å²) in [7, 11) is -0.420. The van der Waals surface area contributed by atoms with Crippen molar-refractivity contribution >= 4 is 15.8 Å². The molecule has 17 heavy (non-hydrogen) atoms. The van der Waals surface area contributed by atoms with Crippen molar-refractivity contribution in [2.45, 2.75) is 25.8 Å². The fourth-order valence-corrected chi connectivity index (χ4v) is 3.23. The lowest BCUT2D eigenvalue weighted by molar-refractivity contribution is 0.309. The zero-order valence-electron chi connectivity index (χ0n) is 10.9. The Bertz CT molecular complexity index is 479. The third-order valence-corrected chi connectivity index (χ3v) is 4.20. The van der Waals surface area contributed by atoms with Crippen LogP contribution in [0.4, 0.5) is 5.82 Å². The first-order valence-corrected chi connectivity index (χ1v) is 6.73. The molecule has 7 heteroatoms. The Labute approximate surface area is 102 Å². The van der Waals surface area contributed by atoms with Gasteiger partial charge in [0, 0.05) is 20.6 Å². The van der Waals surface area contributed by atoms with Crippen LogP contribution in [0.2, 0.25) is 0 Å². The molecule has 0 amide bonds. The molecule has 0 fully saturated rings. The molecule has 0 unspecified atom stereocenters. The highest BCUT2D eigenvalue weighted by Gasteiger charge is 2.29. The summed E-state index contributed by atoms with van der Waals surface area (Å²) in [5, 5.41) is 0.0456. The van der Waals surface area contributed by atoms with E-state index in [9.17, 15) is 8.42 Å². The van der Waals surface area contributed by atoms with Gasteiger partial charge in [0.15, 0.2) is 10.8 Å². The molecule has 0 aliphatic carbocycles. The molecule has 0 aromatic carbocycles. The first kappa shape index (κ1) is 14.0. The first-order valence-electron chi connectivity index (χ1n) is 5.29. The van der Waals surface area contributed by atoms with E-state index in [1.165, 1.54) is 15.2 Å². The third kappa shape index (κ3) is 2.98. The van der Waals surface area contributed by atoms with Gasteiger partial charge in [0.05, 0.1) is 6.33 Å². The number of hydrogen-bond donors (Lipinski definition) is 1. The number of aryl methyl sites for hydroxylation is 1. The molecule has 2 N–H and O–H groups in total. The van der Waals surface area contributed by atoms with Crippen LogP contribution in [-0.2, 0) is 17.1 Å². The van der Waals surface area contributed by atoms with Gasteiger partial charge in [0.2, 0.25) is 0 Å². The summed E-state index contributed by atoms with van der Waals surface area (Å²) in [5.41, 5.74) is 5.48. The second-order valence-electron chi connectivity index (χ2n) is 5.37. The number of imidazole rings is 1. The second kappa shape index (κ2) is 4.30. The number of nitrogen functional groups attached to an aromatic ring is 1. The highest BCUT2D eigenvalue weighted by Crippen LogP contribution is 2.23. The molecule has 0 saturated heterocycles. The number of nitrogens with zero attached hydrogens (tertiary/aromatic N) is 3. The van der Waals surface area contributed by atoms with Crippen LogP contribution in [0.3, 0.4) is 0 Å². The molecule has 0 bridgehead atoms. The minimum atomic E-state index is -3.58. The van der Waals surface area contributed by atoms with Crippen molar-refractivity contribution in [3.05, 3.63) is 6.33 Å². The molecule has 0 radical (unpaired) electrons. The molecule has 0 aliphatic rings. The van der Waals surface area contributed by atoms with Crippen LogP contribution in [-0.4, -0.2) is 35.9 Å². The monoisotopic (exact) mass is 260 g/mol. The lowest BCUT2D eigenvalue weighted by atomic mass is 9.97. The average molecular weight is 260 g/mol. The molecule has 6 nitrogen and oxygen atoms in total. The Hall–Kier alpha value is -1.08. The molecule has 0 saturated carbocycles. The van der Waals surface area contributed by atoms with Crippen molar-refractivity contribution in [3.63, 3.8) is 0 Å². The maximum absolute atomic E-state index is 12.3. The maximum Gasteiger partial charge on any atom is 0.262 e. The maximum atomic E-state index is 12.3. The van der Waals surface area contributed by atoms with Gasteiger partial charge in [-0.05, 0) is 5.41 Å². The highest BCUT2D eigenvalue weighted by molar-refractivity contribution is 7.89. The number of aromatic nitrogens is 2. The Morgan fingerprint density at radius 2 is 2.00 bits per heavy atom. The van der Waals surface area contributed by atoms with Crippen LogP contribution in [0, 0.1) is 5.41 Å². The van der Waals surface area contributed by atoms with E-state index in [1.807, 2.05) is 20.8 Å². The fourth-order valence-electron chi connectivity index (χ4n) is 1.65. The average Bonchev–Trinajstić information content (AvgIpc) is 2.43. The van der Waals surface area contributed by atoms with Crippen molar-refractivity contribution in [2.75, 3.05) is 19.3 Å². The Kier molecular flexibility index (Phi) is 3.54. The minimum absolute atomic E-state index is 0.0354. The van der Waals surface area contributed by atoms with E-state index in [-0.39, 0.29) is 16.3 Å². The molecular formula is C10H20N4O2S. The van der Waals surface area contributed by atoms with E-state index in [0.717, 1.165) is 0 Å². The van der Waals surface area contributed by atoms with Gasteiger partial charge < -0.3 is 10.3 Å². The number of rotatable bonds is 3. The van der Waals surface area contributed by atoms with E-state index < -0.39 is 10.0 Å². The quantitative estimate of drug-likeness (QED) is 0.866. The summed E-state index contributed by atoms with van der Waals surface area (Å²) < 4.78 is 27.3. The summed E-state index contributed by atoms with van der Waals surface area (Å²) in [6.07, 6.45) is 1.40. The van der Waals surface area contributed by atoms with Crippen LogP contribution < -0.4 is 5.73 Å². The van der Waals surface area contributed by atoms with Crippen molar-refractivity contribution in [2.24, 2.45) is 12.5 Å². The SMILES string of the molecule is CN(CC(C)(C)C)S(=O)(=O)c1c(N)ncn1C. The normalized spacial score (nSPS) is 13.3. The van der Waals surface area contributed by atoms with Crippen LogP contribution in [0.5, 0.6) is 0 Å². The predicted molar refractivity (Wildman–Crippen MR) is 66.9 cm³/mol. The van der Waals surface area contributed by atoms with E-state index in [1.54, 1.807) is 14.1 Å². The molecular weight excluding hydrogens is 240 g/mol. The second-order valence-corrected chi connectivity index (χ2v) is 7.33. The van der Waals surface area contributed by atoms with Crippen molar-refractivity contribution < 1.29 is 8.42 Å². The van der Waals surface area contributed by atoms with E-state index >= 15 is 0 Å². The molecule has 1 aromatic heterocycles. The number of sulfonamides is 1.